The van der Waals surface area contributed by atoms with Crippen molar-refractivity contribution in [2.24, 2.45) is 13.0 Å². The van der Waals surface area contributed by atoms with Gasteiger partial charge in [-0.25, -0.2) is 0 Å². The molecule has 0 radical (unpaired) electrons. The third kappa shape index (κ3) is 2.58. The zero-order chi connectivity index (χ0) is 10.8. The first-order chi connectivity index (χ1) is 7.16. The predicted molar refractivity (Wildman–Crippen MR) is 57.4 cm³/mol. The fourth-order valence-electron chi connectivity index (χ4n) is 1.56. The number of hydrogen-bond donors (Lipinski definition) is 1. The maximum Gasteiger partial charge on any atom is 0.223 e. The predicted octanol–water partition coefficient (Wildman–Crippen LogP) is 0.797. The zero-order valence-corrected chi connectivity index (χ0v) is 9.29. The van der Waals surface area contributed by atoms with Crippen LogP contribution in [0.2, 0.25) is 0 Å². The fraction of sp³-hybridized carbons (Fsp3) is 0.636. The van der Waals surface area contributed by atoms with Gasteiger partial charge >= 0.3 is 0 Å². The van der Waals surface area contributed by atoms with Gasteiger partial charge in [-0.15, -0.1) is 0 Å². The summed E-state index contributed by atoms with van der Waals surface area (Å²) < 4.78 is 1.86. The van der Waals surface area contributed by atoms with Crippen molar-refractivity contribution in [2.75, 3.05) is 6.54 Å². The Labute approximate surface area is 89.7 Å². The monoisotopic (exact) mass is 207 g/mol. The Hall–Kier alpha value is -1.32. The van der Waals surface area contributed by atoms with Crippen LogP contribution in [0.3, 0.4) is 0 Å². The van der Waals surface area contributed by atoms with Gasteiger partial charge in [0.1, 0.15) is 0 Å². The van der Waals surface area contributed by atoms with Crippen molar-refractivity contribution < 1.29 is 4.79 Å². The highest BCUT2D eigenvalue weighted by atomic mass is 16.2. The highest BCUT2D eigenvalue weighted by molar-refractivity contribution is 5.80. The second-order valence-corrected chi connectivity index (χ2v) is 4.22. The summed E-state index contributed by atoms with van der Waals surface area (Å²) >= 11 is 0. The number of aromatic nitrogens is 2. The van der Waals surface area contributed by atoms with Crippen LogP contribution in [0.15, 0.2) is 6.07 Å². The minimum atomic E-state index is 0.211. The molecule has 1 heterocycles. The normalized spacial score (nSPS) is 15.3. The quantitative estimate of drug-likeness (QED) is 0.793. The minimum Gasteiger partial charge on any atom is -0.355 e. The molecular formula is C11H17N3O. The largest absolute Gasteiger partial charge is 0.355 e. The van der Waals surface area contributed by atoms with Crippen LogP contribution in [0.1, 0.15) is 24.2 Å². The number of amides is 1. The van der Waals surface area contributed by atoms with Gasteiger partial charge in [-0.2, -0.15) is 5.10 Å². The SMILES string of the molecule is Cc1cc(CCNC(=O)C2CC2)nn1C. The lowest BCUT2D eigenvalue weighted by atomic mass is 10.3. The second kappa shape index (κ2) is 4.04. The topological polar surface area (TPSA) is 46.9 Å². The summed E-state index contributed by atoms with van der Waals surface area (Å²) in [4.78, 5) is 11.3. The summed E-state index contributed by atoms with van der Waals surface area (Å²) in [5.41, 5.74) is 2.20. The van der Waals surface area contributed by atoms with Crippen LogP contribution in [0, 0.1) is 12.8 Å². The van der Waals surface area contributed by atoms with Crippen LogP contribution >= 0.6 is 0 Å². The lowest BCUT2D eigenvalue weighted by Gasteiger charge is -2.01. The number of hydrogen-bond acceptors (Lipinski definition) is 2. The summed E-state index contributed by atoms with van der Waals surface area (Å²) in [7, 11) is 1.93. The molecule has 1 aliphatic carbocycles. The van der Waals surface area contributed by atoms with Gasteiger partial charge in [0.25, 0.3) is 0 Å². The Morgan fingerprint density at radius 1 is 1.67 bits per heavy atom. The van der Waals surface area contributed by atoms with Crippen LogP contribution in [0.25, 0.3) is 0 Å². The second-order valence-electron chi connectivity index (χ2n) is 4.22. The Balaban J connectivity index is 1.75. The molecule has 1 amide bonds. The van der Waals surface area contributed by atoms with E-state index in [4.69, 9.17) is 0 Å². The molecule has 1 N–H and O–H groups in total. The van der Waals surface area contributed by atoms with E-state index in [1.54, 1.807) is 0 Å². The number of carbonyl (C=O) groups excluding carboxylic acids is 1. The van der Waals surface area contributed by atoms with Crippen molar-refractivity contribution in [3.63, 3.8) is 0 Å². The van der Waals surface area contributed by atoms with Gasteiger partial charge in [-0.3, -0.25) is 9.48 Å². The maximum atomic E-state index is 11.3. The molecule has 4 heteroatoms. The summed E-state index contributed by atoms with van der Waals surface area (Å²) in [6.45, 7) is 2.73. The molecule has 1 aromatic heterocycles. The van der Waals surface area contributed by atoms with E-state index in [0.717, 1.165) is 30.7 Å². The van der Waals surface area contributed by atoms with E-state index >= 15 is 0 Å². The smallest absolute Gasteiger partial charge is 0.223 e. The summed E-state index contributed by atoms with van der Waals surface area (Å²) in [5, 5.41) is 7.27. The number of rotatable bonds is 4. The van der Waals surface area contributed by atoms with Crippen LogP contribution in [-0.4, -0.2) is 22.2 Å². The van der Waals surface area contributed by atoms with Crippen LogP contribution in [0.4, 0.5) is 0 Å². The van der Waals surface area contributed by atoms with E-state index in [1.807, 2.05) is 18.7 Å². The highest BCUT2D eigenvalue weighted by Gasteiger charge is 2.28. The molecule has 1 saturated carbocycles. The summed E-state index contributed by atoms with van der Waals surface area (Å²) in [5.74, 6) is 0.512. The molecule has 4 nitrogen and oxygen atoms in total. The van der Waals surface area contributed by atoms with Gasteiger partial charge in [0.2, 0.25) is 5.91 Å². The van der Waals surface area contributed by atoms with Crippen LogP contribution in [-0.2, 0) is 18.3 Å². The van der Waals surface area contributed by atoms with Crippen molar-refractivity contribution in [1.82, 2.24) is 15.1 Å². The average molecular weight is 207 g/mol. The van der Waals surface area contributed by atoms with E-state index in [0.29, 0.717) is 12.5 Å². The molecule has 82 valence electrons. The van der Waals surface area contributed by atoms with Crippen LogP contribution < -0.4 is 5.32 Å². The molecule has 0 saturated heterocycles. The van der Waals surface area contributed by atoms with Gasteiger partial charge in [-0.05, 0) is 25.8 Å². The van der Waals surface area contributed by atoms with Crippen molar-refractivity contribution in [3.8, 4) is 0 Å². The zero-order valence-electron chi connectivity index (χ0n) is 9.29. The maximum absolute atomic E-state index is 11.3. The number of nitrogens with one attached hydrogen (secondary N) is 1. The molecule has 1 fully saturated rings. The van der Waals surface area contributed by atoms with Crippen LogP contribution in [0.5, 0.6) is 0 Å². The molecule has 1 aromatic rings. The number of aryl methyl sites for hydroxylation is 2. The van der Waals surface area contributed by atoms with E-state index in [9.17, 15) is 4.79 Å². The Bertz CT molecular complexity index is 346. The minimum absolute atomic E-state index is 0.211. The van der Waals surface area contributed by atoms with Gasteiger partial charge in [0.05, 0.1) is 5.69 Å². The molecule has 0 atom stereocenters. The van der Waals surface area contributed by atoms with E-state index in [-0.39, 0.29) is 5.91 Å². The van der Waals surface area contributed by atoms with Crippen molar-refractivity contribution in [3.05, 3.63) is 17.5 Å². The Morgan fingerprint density at radius 3 is 2.93 bits per heavy atom. The molecule has 0 unspecified atom stereocenters. The van der Waals surface area contributed by atoms with E-state index in [2.05, 4.69) is 16.5 Å². The summed E-state index contributed by atoms with van der Waals surface area (Å²) in [6.07, 6.45) is 2.95. The van der Waals surface area contributed by atoms with E-state index < -0.39 is 0 Å². The van der Waals surface area contributed by atoms with Gasteiger partial charge < -0.3 is 5.32 Å². The lowest BCUT2D eigenvalue weighted by molar-refractivity contribution is -0.122. The first-order valence-corrected chi connectivity index (χ1v) is 5.44. The highest BCUT2D eigenvalue weighted by Crippen LogP contribution is 2.28. The first kappa shape index (κ1) is 10.2. The molecule has 0 bridgehead atoms. The molecule has 15 heavy (non-hydrogen) atoms. The third-order valence-corrected chi connectivity index (χ3v) is 2.79. The van der Waals surface area contributed by atoms with Crippen molar-refractivity contribution in [2.45, 2.75) is 26.2 Å². The molecule has 0 aromatic carbocycles. The third-order valence-electron chi connectivity index (χ3n) is 2.79. The molecule has 2 rings (SSSR count). The number of nitrogens with zero attached hydrogens (tertiary/aromatic N) is 2. The molecule has 0 aliphatic heterocycles. The first-order valence-electron chi connectivity index (χ1n) is 5.44. The van der Waals surface area contributed by atoms with Crippen molar-refractivity contribution >= 4 is 5.91 Å². The Kier molecular flexibility index (Phi) is 2.75. The molecular weight excluding hydrogens is 190 g/mol. The molecule has 1 aliphatic rings. The summed E-state index contributed by atoms with van der Waals surface area (Å²) in [6, 6.07) is 2.06. The average Bonchev–Trinajstić information content (AvgIpc) is 2.96. The fourth-order valence-corrected chi connectivity index (χ4v) is 1.56. The van der Waals surface area contributed by atoms with Crippen molar-refractivity contribution in [1.29, 1.82) is 0 Å². The number of carbonyl (C=O) groups is 1. The Morgan fingerprint density at radius 2 is 2.40 bits per heavy atom. The van der Waals surface area contributed by atoms with Gasteiger partial charge in [0, 0.05) is 31.6 Å². The van der Waals surface area contributed by atoms with Gasteiger partial charge in [-0.1, -0.05) is 0 Å². The standard InChI is InChI=1S/C11H17N3O/c1-8-7-10(13-14(8)2)5-6-12-11(15)9-3-4-9/h7,9H,3-6H2,1-2H3,(H,12,15). The van der Waals surface area contributed by atoms with Gasteiger partial charge in [0.15, 0.2) is 0 Å². The van der Waals surface area contributed by atoms with E-state index in [1.165, 1.54) is 0 Å². The molecule has 0 spiro atoms. The lowest BCUT2D eigenvalue weighted by Crippen LogP contribution is -2.27.